The van der Waals surface area contributed by atoms with Gasteiger partial charge in [-0.2, -0.15) is 0 Å². The summed E-state index contributed by atoms with van der Waals surface area (Å²) in [5, 5.41) is 0. The van der Waals surface area contributed by atoms with E-state index in [4.69, 9.17) is 5.73 Å². The predicted octanol–water partition coefficient (Wildman–Crippen LogP) is 2.52. The Bertz CT molecular complexity index is 323. The third kappa shape index (κ3) is 3.55. The van der Waals surface area contributed by atoms with Gasteiger partial charge >= 0.3 is 0 Å². The van der Waals surface area contributed by atoms with Crippen LogP contribution >= 0.6 is 0 Å². The molecule has 0 amide bonds. The van der Waals surface area contributed by atoms with Crippen LogP contribution in [0.3, 0.4) is 0 Å². The standard InChI is InChI=1S/C15H24N2/c1-13-3-5-14(6-4-13)15-7-11-17(12-8-15)10-2-9-16/h3-6,15H,2,7-12,16H2,1H3. The minimum absolute atomic E-state index is 0.768. The number of hydrogen-bond donors (Lipinski definition) is 1. The quantitative estimate of drug-likeness (QED) is 0.864. The van der Waals surface area contributed by atoms with Crippen LogP contribution in [0, 0.1) is 6.92 Å². The van der Waals surface area contributed by atoms with Crippen LogP contribution in [0.4, 0.5) is 0 Å². The van der Waals surface area contributed by atoms with Crippen LogP contribution in [-0.2, 0) is 0 Å². The van der Waals surface area contributed by atoms with Crippen LogP contribution in [-0.4, -0.2) is 31.1 Å². The minimum atomic E-state index is 0.768. The molecule has 2 heteroatoms. The topological polar surface area (TPSA) is 29.3 Å². The van der Waals surface area contributed by atoms with Crippen molar-refractivity contribution in [2.45, 2.75) is 32.1 Å². The highest BCUT2D eigenvalue weighted by Crippen LogP contribution is 2.27. The van der Waals surface area contributed by atoms with E-state index in [0.717, 1.165) is 18.9 Å². The molecule has 2 rings (SSSR count). The van der Waals surface area contributed by atoms with Gasteiger partial charge in [-0.3, -0.25) is 0 Å². The molecule has 0 aromatic heterocycles. The van der Waals surface area contributed by atoms with Crippen molar-refractivity contribution in [3.05, 3.63) is 35.4 Å². The first kappa shape index (κ1) is 12.6. The smallest absolute Gasteiger partial charge is 0.000671 e. The van der Waals surface area contributed by atoms with E-state index in [1.54, 1.807) is 0 Å². The van der Waals surface area contributed by atoms with Gasteiger partial charge in [-0.1, -0.05) is 29.8 Å². The second-order valence-electron chi connectivity index (χ2n) is 5.17. The second kappa shape index (κ2) is 6.18. The molecule has 2 nitrogen and oxygen atoms in total. The first-order valence-electron chi connectivity index (χ1n) is 6.78. The lowest BCUT2D eigenvalue weighted by Gasteiger charge is -2.32. The summed E-state index contributed by atoms with van der Waals surface area (Å²) in [6.45, 7) is 6.62. The molecule has 1 aliphatic rings. The zero-order valence-corrected chi connectivity index (χ0v) is 10.9. The Morgan fingerprint density at radius 1 is 1.18 bits per heavy atom. The van der Waals surface area contributed by atoms with E-state index in [9.17, 15) is 0 Å². The molecule has 1 aliphatic heterocycles. The fourth-order valence-electron chi connectivity index (χ4n) is 2.64. The van der Waals surface area contributed by atoms with Crippen molar-refractivity contribution in [2.24, 2.45) is 5.73 Å². The third-order valence-electron chi connectivity index (χ3n) is 3.81. The van der Waals surface area contributed by atoms with Gasteiger partial charge < -0.3 is 10.6 Å². The Balaban J connectivity index is 1.84. The van der Waals surface area contributed by atoms with Crippen LogP contribution in [0.15, 0.2) is 24.3 Å². The molecule has 1 fully saturated rings. The van der Waals surface area contributed by atoms with Crippen molar-refractivity contribution in [3.63, 3.8) is 0 Å². The lowest BCUT2D eigenvalue weighted by Crippen LogP contribution is -2.34. The Labute approximate surface area is 105 Å². The molecule has 17 heavy (non-hydrogen) atoms. The fraction of sp³-hybridized carbons (Fsp3) is 0.600. The molecule has 2 N–H and O–H groups in total. The molecule has 0 aliphatic carbocycles. The summed E-state index contributed by atoms with van der Waals surface area (Å²) < 4.78 is 0. The molecule has 1 heterocycles. The summed E-state index contributed by atoms with van der Waals surface area (Å²) in [5.41, 5.74) is 8.43. The largest absolute Gasteiger partial charge is 0.330 e. The van der Waals surface area contributed by atoms with Crippen molar-refractivity contribution < 1.29 is 0 Å². The number of piperidine rings is 1. The third-order valence-corrected chi connectivity index (χ3v) is 3.81. The van der Waals surface area contributed by atoms with Crippen LogP contribution in [0.2, 0.25) is 0 Å². The normalized spacial score (nSPS) is 18.5. The first-order chi connectivity index (χ1) is 8.29. The van der Waals surface area contributed by atoms with Crippen LogP contribution < -0.4 is 5.73 Å². The lowest BCUT2D eigenvalue weighted by atomic mass is 9.89. The van der Waals surface area contributed by atoms with Gasteiger partial charge in [-0.25, -0.2) is 0 Å². The predicted molar refractivity (Wildman–Crippen MR) is 73.3 cm³/mol. The van der Waals surface area contributed by atoms with Gasteiger partial charge in [0.15, 0.2) is 0 Å². The summed E-state index contributed by atoms with van der Waals surface area (Å²) in [6, 6.07) is 9.07. The summed E-state index contributed by atoms with van der Waals surface area (Å²) in [6.07, 6.45) is 3.73. The number of rotatable bonds is 4. The Morgan fingerprint density at radius 3 is 2.41 bits per heavy atom. The molecule has 0 atom stereocenters. The maximum Gasteiger partial charge on any atom is -0.000671 e. The average molecular weight is 232 g/mol. The van der Waals surface area contributed by atoms with E-state index >= 15 is 0 Å². The molecular formula is C15H24N2. The fourth-order valence-corrected chi connectivity index (χ4v) is 2.64. The number of benzene rings is 1. The van der Waals surface area contributed by atoms with E-state index in [0.29, 0.717) is 0 Å². The first-order valence-corrected chi connectivity index (χ1v) is 6.78. The molecule has 0 radical (unpaired) electrons. The molecule has 0 bridgehead atoms. The molecule has 0 saturated carbocycles. The molecule has 1 saturated heterocycles. The van der Waals surface area contributed by atoms with Gasteiger partial charge in [-0.05, 0) is 63.8 Å². The van der Waals surface area contributed by atoms with Gasteiger partial charge in [-0.15, -0.1) is 0 Å². The molecule has 0 spiro atoms. The molecule has 94 valence electrons. The number of likely N-dealkylation sites (tertiary alicyclic amines) is 1. The number of hydrogen-bond acceptors (Lipinski definition) is 2. The second-order valence-corrected chi connectivity index (χ2v) is 5.17. The zero-order chi connectivity index (χ0) is 12.1. The lowest BCUT2D eigenvalue weighted by molar-refractivity contribution is 0.211. The molecule has 1 aromatic carbocycles. The van der Waals surface area contributed by atoms with Crippen molar-refractivity contribution in [2.75, 3.05) is 26.2 Å². The highest BCUT2D eigenvalue weighted by atomic mass is 15.1. The highest BCUT2D eigenvalue weighted by molar-refractivity contribution is 5.24. The Hall–Kier alpha value is -0.860. The van der Waals surface area contributed by atoms with Gasteiger partial charge in [0.05, 0.1) is 0 Å². The van der Waals surface area contributed by atoms with Crippen molar-refractivity contribution in [1.29, 1.82) is 0 Å². The number of aryl methyl sites for hydroxylation is 1. The van der Waals surface area contributed by atoms with Crippen LogP contribution in [0.5, 0.6) is 0 Å². The van der Waals surface area contributed by atoms with E-state index in [2.05, 4.69) is 36.1 Å². The summed E-state index contributed by atoms with van der Waals surface area (Å²) >= 11 is 0. The molecule has 0 unspecified atom stereocenters. The Kier molecular flexibility index (Phi) is 4.57. The van der Waals surface area contributed by atoms with E-state index in [1.165, 1.54) is 43.6 Å². The number of nitrogens with two attached hydrogens (primary N) is 1. The maximum atomic E-state index is 5.55. The van der Waals surface area contributed by atoms with Gasteiger partial charge in [0.25, 0.3) is 0 Å². The minimum Gasteiger partial charge on any atom is -0.330 e. The summed E-state index contributed by atoms with van der Waals surface area (Å²) in [7, 11) is 0. The zero-order valence-electron chi connectivity index (χ0n) is 10.9. The van der Waals surface area contributed by atoms with E-state index < -0.39 is 0 Å². The summed E-state index contributed by atoms with van der Waals surface area (Å²) in [4.78, 5) is 2.55. The highest BCUT2D eigenvalue weighted by Gasteiger charge is 2.19. The van der Waals surface area contributed by atoms with E-state index in [1.807, 2.05) is 0 Å². The monoisotopic (exact) mass is 232 g/mol. The van der Waals surface area contributed by atoms with Gasteiger partial charge in [0.2, 0.25) is 0 Å². The average Bonchev–Trinajstić information content (AvgIpc) is 2.38. The number of nitrogens with zero attached hydrogens (tertiary/aromatic N) is 1. The van der Waals surface area contributed by atoms with Crippen molar-refractivity contribution in [1.82, 2.24) is 4.90 Å². The SMILES string of the molecule is Cc1ccc(C2CCN(CCCN)CC2)cc1. The summed E-state index contributed by atoms with van der Waals surface area (Å²) in [5.74, 6) is 0.768. The van der Waals surface area contributed by atoms with Gasteiger partial charge in [0.1, 0.15) is 0 Å². The molecular weight excluding hydrogens is 208 g/mol. The van der Waals surface area contributed by atoms with Gasteiger partial charge in [0, 0.05) is 0 Å². The van der Waals surface area contributed by atoms with Crippen molar-refractivity contribution in [3.8, 4) is 0 Å². The van der Waals surface area contributed by atoms with Crippen molar-refractivity contribution >= 4 is 0 Å². The van der Waals surface area contributed by atoms with Crippen LogP contribution in [0.25, 0.3) is 0 Å². The van der Waals surface area contributed by atoms with Crippen LogP contribution in [0.1, 0.15) is 36.3 Å². The van der Waals surface area contributed by atoms with E-state index in [-0.39, 0.29) is 0 Å². The Morgan fingerprint density at radius 2 is 1.82 bits per heavy atom. The molecule has 1 aromatic rings. The maximum absolute atomic E-state index is 5.55.